The summed E-state index contributed by atoms with van der Waals surface area (Å²) in [5.41, 5.74) is 2.90. The van der Waals surface area contributed by atoms with Crippen molar-refractivity contribution in [1.82, 2.24) is 9.88 Å². The van der Waals surface area contributed by atoms with Crippen LogP contribution in [0.1, 0.15) is 29.3 Å². The third-order valence-corrected chi connectivity index (χ3v) is 6.51. The van der Waals surface area contributed by atoms with Gasteiger partial charge in [-0.25, -0.2) is 4.98 Å². The second-order valence-electron chi connectivity index (χ2n) is 7.08. The molecule has 2 aromatic carbocycles. The van der Waals surface area contributed by atoms with Gasteiger partial charge in [-0.1, -0.05) is 23.7 Å². The summed E-state index contributed by atoms with van der Waals surface area (Å²) in [6, 6.07) is 13.8. The number of para-hydroxylation sites is 1. The van der Waals surface area contributed by atoms with Crippen molar-refractivity contribution in [2.75, 3.05) is 25.0 Å². The second-order valence-corrected chi connectivity index (χ2v) is 8.58. The number of likely N-dealkylation sites (tertiary alicyclic amines) is 1. The van der Waals surface area contributed by atoms with Crippen molar-refractivity contribution < 1.29 is 4.79 Å². The number of hydrogen-bond acceptors (Lipinski definition) is 4. The maximum Gasteiger partial charge on any atom is 0.238 e. The highest BCUT2D eigenvalue weighted by Gasteiger charge is 2.24. The van der Waals surface area contributed by atoms with E-state index in [0.717, 1.165) is 42.7 Å². The molecule has 1 aliphatic heterocycles. The number of fused-ring (bicyclic) bond motifs is 1. The number of carbonyl (C=O) groups excluding carboxylic acids is 1. The number of anilines is 1. The van der Waals surface area contributed by atoms with Gasteiger partial charge >= 0.3 is 0 Å². The molecule has 1 saturated heterocycles. The van der Waals surface area contributed by atoms with E-state index in [4.69, 9.17) is 16.6 Å². The fourth-order valence-corrected chi connectivity index (χ4v) is 4.93. The fourth-order valence-electron chi connectivity index (χ4n) is 3.56. The summed E-state index contributed by atoms with van der Waals surface area (Å²) in [5.74, 6) is 0.527. The third kappa shape index (κ3) is 4.32. The lowest BCUT2D eigenvalue weighted by Crippen LogP contribution is -2.38. The van der Waals surface area contributed by atoms with E-state index in [1.54, 1.807) is 17.4 Å². The molecule has 4 nitrogen and oxygen atoms in total. The van der Waals surface area contributed by atoms with E-state index in [0.29, 0.717) is 17.5 Å². The van der Waals surface area contributed by atoms with Gasteiger partial charge in [0.05, 0.1) is 21.8 Å². The number of nitrogens with one attached hydrogen (secondary N) is 1. The lowest BCUT2D eigenvalue weighted by molar-refractivity contribution is -0.117. The van der Waals surface area contributed by atoms with Crippen molar-refractivity contribution in [2.24, 2.45) is 0 Å². The number of aryl methyl sites for hydroxylation is 1. The van der Waals surface area contributed by atoms with Gasteiger partial charge in [-0.15, -0.1) is 11.3 Å². The number of piperidine rings is 1. The Hall–Kier alpha value is -1.95. The van der Waals surface area contributed by atoms with E-state index in [1.807, 2.05) is 25.1 Å². The minimum absolute atomic E-state index is 0.0267. The number of thiazole rings is 1. The first-order valence-corrected chi connectivity index (χ1v) is 10.4. The van der Waals surface area contributed by atoms with Gasteiger partial charge < -0.3 is 5.32 Å². The molecule has 0 spiro atoms. The Morgan fingerprint density at radius 2 is 2.04 bits per heavy atom. The Morgan fingerprint density at radius 3 is 2.78 bits per heavy atom. The second kappa shape index (κ2) is 7.97. The molecule has 1 amide bonds. The van der Waals surface area contributed by atoms with E-state index >= 15 is 0 Å². The minimum atomic E-state index is 0.0267. The summed E-state index contributed by atoms with van der Waals surface area (Å²) in [4.78, 5) is 19.4. The number of aromatic nitrogens is 1. The largest absolute Gasteiger partial charge is 0.325 e. The number of benzene rings is 2. The first-order chi connectivity index (χ1) is 13.1. The van der Waals surface area contributed by atoms with Crippen LogP contribution in [0.25, 0.3) is 10.2 Å². The van der Waals surface area contributed by atoms with Crippen molar-refractivity contribution in [1.29, 1.82) is 0 Å². The van der Waals surface area contributed by atoms with Gasteiger partial charge in [0.25, 0.3) is 0 Å². The lowest BCUT2D eigenvalue weighted by Gasteiger charge is -2.30. The normalized spacial score (nSPS) is 15.9. The fraction of sp³-hybridized carbons (Fsp3) is 0.333. The van der Waals surface area contributed by atoms with Gasteiger partial charge in [-0.2, -0.15) is 0 Å². The number of halogens is 1. The highest BCUT2D eigenvalue weighted by atomic mass is 35.5. The smallest absolute Gasteiger partial charge is 0.238 e. The van der Waals surface area contributed by atoms with Crippen LogP contribution in [-0.2, 0) is 4.79 Å². The van der Waals surface area contributed by atoms with E-state index in [-0.39, 0.29) is 5.91 Å². The van der Waals surface area contributed by atoms with Crippen LogP contribution in [0.2, 0.25) is 5.02 Å². The molecule has 140 valence electrons. The molecule has 4 rings (SSSR count). The molecular weight excluding hydrogens is 378 g/mol. The van der Waals surface area contributed by atoms with Crippen LogP contribution >= 0.6 is 22.9 Å². The van der Waals surface area contributed by atoms with E-state index in [9.17, 15) is 4.79 Å². The van der Waals surface area contributed by atoms with E-state index < -0.39 is 0 Å². The SMILES string of the molecule is Cc1cc(Cl)ccc1NC(=O)CN1CCC(c2nc3ccccc3s2)CC1. The van der Waals surface area contributed by atoms with Gasteiger partial charge in [0.1, 0.15) is 0 Å². The monoisotopic (exact) mass is 399 g/mol. The minimum Gasteiger partial charge on any atom is -0.325 e. The maximum atomic E-state index is 12.4. The topological polar surface area (TPSA) is 45.2 Å². The highest BCUT2D eigenvalue weighted by Crippen LogP contribution is 2.33. The van der Waals surface area contributed by atoms with Crippen LogP contribution < -0.4 is 5.32 Å². The summed E-state index contributed by atoms with van der Waals surface area (Å²) in [6.45, 7) is 4.22. The number of nitrogens with zero attached hydrogens (tertiary/aromatic N) is 2. The van der Waals surface area contributed by atoms with Crippen LogP contribution in [0.15, 0.2) is 42.5 Å². The molecule has 3 aromatic rings. The molecule has 1 fully saturated rings. The molecule has 1 aliphatic rings. The van der Waals surface area contributed by atoms with Crippen molar-refractivity contribution in [3.63, 3.8) is 0 Å². The molecule has 6 heteroatoms. The summed E-state index contributed by atoms with van der Waals surface area (Å²) >= 11 is 7.78. The first kappa shape index (κ1) is 18.4. The van der Waals surface area contributed by atoms with Gasteiger partial charge in [0.15, 0.2) is 0 Å². The average Bonchev–Trinajstić information content (AvgIpc) is 3.09. The van der Waals surface area contributed by atoms with Crippen molar-refractivity contribution >= 4 is 44.7 Å². The highest BCUT2D eigenvalue weighted by molar-refractivity contribution is 7.18. The number of carbonyl (C=O) groups is 1. The molecule has 0 aliphatic carbocycles. The van der Waals surface area contributed by atoms with Crippen LogP contribution in [0.4, 0.5) is 5.69 Å². The van der Waals surface area contributed by atoms with Crippen molar-refractivity contribution in [2.45, 2.75) is 25.7 Å². The molecule has 1 aromatic heterocycles. The van der Waals surface area contributed by atoms with Gasteiger partial charge in [0.2, 0.25) is 5.91 Å². The molecular formula is C21H22ClN3OS. The van der Waals surface area contributed by atoms with Crippen molar-refractivity contribution in [3.8, 4) is 0 Å². The summed E-state index contributed by atoms with van der Waals surface area (Å²) in [6.07, 6.45) is 2.10. The number of rotatable bonds is 4. The Labute approximate surface area is 168 Å². The van der Waals surface area contributed by atoms with Gasteiger partial charge in [-0.3, -0.25) is 9.69 Å². The Morgan fingerprint density at radius 1 is 1.26 bits per heavy atom. The summed E-state index contributed by atoms with van der Waals surface area (Å²) in [5, 5.41) is 4.91. The molecule has 0 unspecified atom stereocenters. The summed E-state index contributed by atoms with van der Waals surface area (Å²) in [7, 11) is 0. The molecule has 2 heterocycles. The zero-order valence-corrected chi connectivity index (χ0v) is 16.8. The van der Waals surface area contributed by atoms with Crippen LogP contribution in [0, 0.1) is 6.92 Å². The van der Waals surface area contributed by atoms with Gasteiger partial charge in [-0.05, 0) is 68.8 Å². The van der Waals surface area contributed by atoms with E-state index in [2.05, 4.69) is 28.4 Å². The van der Waals surface area contributed by atoms with Crippen LogP contribution in [0.3, 0.4) is 0 Å². The predicted molar refractivity (Wildman–Crippen MR) is 113 cm³/mol. The third-order valence-electron chi connectivity index (χ3n) is 5.08. The maximum absolute atomic E-state index is 12.4. The molecule has 1 N–H and O–H groups in total. The molecule has 0 radical (unpaired) electrons. The summed E-state index contributed by atoms with van der Waals surface area (Å²) < 4.78 is 1.26. The quantitative estimate of drug-likeness (QED) is 0.665. The molecule has 27 heavy (non-hydrogen) atoms. The Kier molecular flexibility index (Phi) is 5.43. The molecule has 0 atom stereocenters. The van der Waals surface area contributed by atoms with Crippen LogP contribution in [0.5, 0.6) is 0 Å². The molecule has 0 saturated carbocycles. The number of amides is 1. The zero-order chi connectivity index (χ0) is 18.8. The van der Waals surface area contributed by atoms with Crippen molar-refractivity contribution in [3.05, 3.63) is 58.1 Å². The molecule has 0 bridgehead atoms. The van der Waals surface area contributed by atoms with Crippen LogP contribution in [-0.4, -0.2) is 35.4 Å². The average molecular weight is 400 g/mol. The van der Waals surface area contributed by atoms with Gasteiger partial charge in [0, 0.05) is 16.6 Å². The number of hydrogen-bond donors (Lipinski definition) is 1. The predicted octanol–water partition coefficient (Wildman–Crippen LogP) is 5.08. The Bertz CT molecular complexity index is 930. The van der Waals surface area contributed by atoms with E-state index in [1.165, 1.54) is 9.71 Å². The standard InChI is InChI=1S/C21H22ClN3OS/c1-14-12-16(22)6-7-17(14)23-20(26)13-25-10-8-15(9-11-25)21-24-18-4-2-3-5-19(18)27-21/h2-7,12,15H,8-11,13H2,1H3,(H,23,26). The zero-order valence-electron chi connectivity index (χ0n) is 15.2. The lowest BCUT2D eigenvalue weighted by atomic mass is 9.97. The first-order valence-electron chi connectivity index (χ1n) is 9.22. The Balaban J connectivity index is 1.31.